The molecule has 1 aromatic rings. The minimum absolute atomic E-state index is 0.233. The summed E-state index contributed by atoms with van der Waals surface area (Å²) in [5, 5.41) is 0. The lowest BCUT2D eigenvalue weighted by atomic mass is 10.2. The normalized spacial score (nSPS) is 26.1. The van der Waals surface area contributed by atoms with Gasteiger partial charge in [-0.25, -0.2) is 4.76 Å². The molecule has 3 heteroatoms. The third-order valence-electron chi connectivity index (χ3n) is 2.97. The highest BCUT2D eigenvalue weighted by molar-refractivity contribution is 7.81. The zero-order valence-electron chi connectivity index (χ0n) is 8.76. The van der Waals surface area contributed by atoms with Crippen molar-refractivity contribution in [1.82, 2.24) is 4.67 Å². The van der Waals surface area contributed by atoms with Gasteiger partial charge in [-0.2, -0.15) is 0 Å². The maximum Gasteiger partial charge on any atom is 0.142 e. The van der Waals surface area contributed by atoms with Crippen LogP contribution in [0.3, 0.4) is 0 Å². The Balaban J connectivity index is 1.66. The number of benzene rings is 1. The Bertz CT molecular complexity index is 368. The highest BCUT2D eigenvalue weighted by atomic mass is 31.1. The van der Waals surface area contributed by atoms with Crippen LogP contribution in [0.5, 0.6) is 0 Å². The summed E-state index contributed by atoms with van der Waals surface area (Å²) in [6.45, 7) is 2.51. The monoisotopic (exact) mass is 218 g/mol. The predicted molar refractivity (Wildman–Crippen MR) is 65.3 cm³/mol. The van der Waals surface area contributed by atoms with Gasteiger partial charge in [0.15, 0.2) is 0 Å². The Labute approximate surface area is 91.9 Å². The average molecular weight is 218 g/mol. The highest BCUT2D eigenvalue weighted by Crippen LogP contribution is 2.59. The van der Waals surface area contributed by atoms with Crippen LogP contribution in [0.1, 0.15) is 24.8 Å². The van der Waals surface area contributed by atoms with E-state index in [0.29, 0.717) is 0 Å². The van der Waals surface area contributed by atoms with E-state index in [2.05, 4.69) is 39.8 Å². The molecular formula is C12H15N2P. The van der Waals surface area contributed by atoms with E-state index in [1.807, 2.05) is 0 Å². The molecule has 0 radical (unpaired) electrons. The van der Waals surface area contributed by atoms with Crippen molar-refractivity contribution in [2.24, 2.45) is 4.76 Å². The van der Waals surface area contributed by atoms with Gasteiger partial charge < -0.3 is 0 Å². The fourth-order valence-electron chi connectivity index (χ4n) is 2.09. The summed E-state index contributed by atoms with van der Waals surface area (Å²) < 4.78 is 7.23. The summed E-state index contributed by atoms with van der Waals surface area (Å²) in [5.74, 6) is 0. The quantitative estimate of drug-likeness (QED) is 0.696. The minimum Gasteiger partial charge on any atom is -0.259 e. The maximum atomic E-state index is 4.66. The number of nitrogens with zero attached hydrogens (tertiary/aromatic N) is 2. The molecule has 1 atom stereocenters. The second-order valence-corrected chi connectivity index (χ2v) is 5.86. The minimum atomic E-state index is -0.233. The van der Waals surface area contributed by atoms with Gasteiger partial charge in [0.2, 0.25) is 0 Å². The predicted octanol–water partition coefficient (Wildman–Crippen LogP) is 3.24. The van der Waals surface area contributed by atoms with E-state index < -0.39 is 0 Å². The second kappa shape index (κ2) is 4.03. The van der Waals surface area contributed by atoms with Crippen LogP contribution in [0, 0.1) is 0 Å². The van der Waals surface area contributed by atoms with E-state index in [9.17, 15) is 0 Å². The smallest absolute Gasteiger partial charge is 0.142 e. The Morgan fingerprint density at radius 3 is 2.47 bits per heavy atom. The lowest BCUT2D eigenvalue weighted by Gasteiger charge is -2.24. The van der Waals surface area contributed by atoms with E-state index in [0.717, 1.165) is 0 Å². The van der Waals surface area contributed by atoms with Gasteiger partial charge >= 0.3 is 0 Å². The molecule has 15 heavy (non-hydrogen) atoms. The zero-order chi connectivity index (χ0) is 10.1. The van der Waals surface area contributed by atoms with Crippen LogP contribution in [0.25, 0.3) is 0 Å². The van der Waals surface area contributed by atoms with Crippen molar-refractivity contribution < 1.29 is 0 Å². The molecule has 1 fully saturated rings. The molecule has 3 rings (SSSR count). The fraction of sp³-hybridized carbons (Fsp3) is 0.417. The lowest BCUT2D eigenvalue weighted by Crippen LogP contribution is -2.23. The Morgan fingerprint density at radius 2 is 1.73 bits per heavy atom. The first-order valence-corrected chi connectivity index (χ1v) is 6.89. The SMILES string of the molecule is c1ccc(C2=NP2N2CCCCC2)cc1. The summed E-state index contributed by atoms with van der Waals surface area (Å²) in [6, 6.07) is 10.6. The van der Waals surface area contributed by atoms with Gasteiger partial charge in [0, 0.05) is 18.7 Å². The Morgan fingerprint density at radius 1 is 1.00 bits per heavy atom. The molecule has 0 spiro atoms. The molecule has 2 heterocycles. The molecule has 1 unspecified atom stereocenters. The molecule has 0 saturated carbocycles. The molecule has 0 bridgehead atoms. The van der Waals surface area contributed by atoms with E-state index in [-0.39, 0.29) is 8.22 Å². The number of piperidine rings is 1. The number of rotatable bonds is 2. The van der Waals surface area contributed by atoms with E-state index in [4.69, 9.17) is 0 Å². The average Bonchev–Trinajstić information content (AvgIpc) is 3.11. The molecule has 2 aliphatic heterocycles. The first-order valence-electron chi connectivity index (χ1n) is 5.64. The third-order valence-corrected chi connectivity index (χ3v) is 4.84. The van der Waals surface area contributed by atoms with Crippen LogP contribution in [0.2, 0.25) is 0 Å². The number of hydrogen-bond acceptors (Lipinski definition) is 2. The van der Waals surface area contributed by atoms with Crippen molar-refractivity contribution in [1.29, 1.82) is 0 Å². The molecule has 2 nitrogen and oxygen atoms in total. The summed E-state index contributed by atoms with van der Waals surface area (Å²) in [6.07, 6.45) is 4.12. The molecule has 1 saturated heterocycles. The van der Waals surface area contributed by atoms with Crippen LogP contribution in [0.15, 0.2) is 35.1 Å². The molecule has 1 aromatic carbocycles. The van der Waals surface area contributed by atoms with Crippen molar-refractivity contribution in [3.05, 3.63) is 35.9 Å². The van der Waals surface area contributed by atoms with Crippen molar-refractivity contribution in [2.45, 2.75) is 19.3 Å². The summed E-state index contributed by atoms with van der Waals surface area (Å²) in [4.78, 5) is 0. The molecule has 78 valence electrons. The lowest BCUT2D eigenvalue weighted by molar-refractivity contribution is 0.374. The molecule has 0 aliphatic carbocycles. The first kappa shape index (κ1) is 9.50. The molecule has 0 amide bonds. The summed E-state index contributed by atoms with van der Waals surface area (Å²) in [5.41, 5.74) is 2.68. The second-order valence-electron chi connectivity index (χ2n) is 4.09. The van der Waals surface area contributed by atoms with Crippen LogP contribution in [-0.4, -0.2) is 23.2 Å². The van der Waals surface area contributed by atoms with Gasteiger partial charge in [-0.05, 0) is 12.8 Å². The first-order chi connectivity index (χ1) is 7.45. The van der Waals surface area contributed by atoms with Crippen molar-refractivity contribution >= 4 is 13.7 Å². The van der Waals surface area contributed by atoms with Crippen molar-refractivity contribution in [3.63, 3.8) is 0 Å². The van der Waals surface area contributed by atoms with Crippen LogP contribution >= 0.6 is 8.22 Å². The summed E-state index contributed by atoms with van der Waals surface area (Å²) in [7, 11) is -0.233. The molecule has 2 aliphatic rings. The molecular weight excluding hydrogens is 203 g/mol. The van der Waals surface area contributed by atoms with E-state index >= 15 is 0 Å². The van der Waals surface area contributed by atoms with Gasteiger partial charge in [0.1, 0.15) is 13.7 Å². The Hall–Kier alpha value is -0.720. The fourth-order valence-corrected chi connectivity index (χ4v) is 3.90. The van der Waals surface area contributed by atoms with Crippen LogP contribution < -0.4 is 0 Å². The van der Waals surface area contributed by atoms with Gasteiger partial charge in [0.05, 0.1) is 0 Å². The van der Waals surface area contributed by atoms with Crippen LogP contribution in [-0.2, 0) is 0 Å². The number of hydrogen-bond donors (Lipinski definition) is 0. The molecule has 0 aromatic heterocycles. The topological polar surface area (TPSA) is 15.6 Å². The van der Waals surface area contributed by atoms with Gasteiger partial charge in [-0.1, -0.05) is 36.8 Å². The Kier molecular flexibility index (Phi) is 2.56. The van der Waals surface area contributed by atoms with Crippen LogP contribution in [0.4, 0.5) is 0 Å². The van der Waals surface area contributed by atoms with E-state index in [1.54, 1.807) is 0 Å². The van der Waals surface area contributed by atoms with Crippen molar-refractivity contribution in [3.8, 4) is 0 Å². The van der Waals surface area contributed by atoms with Gasteiger partial charge in [0.25, 0.3) is 0 Å². The highest BCUT2D eigenvalue weighted by Gasteiger charge is 2.35. The molecule has 0 N–H and O–H groups in total. The maximum absolute atomic E-state index is 4.66. The third kappa shape index (κ3) is 1.97. The zero-order valence-corrected chi connectivity index (χ0v) is 9.66. The van der Waals surface area contributed by atoms with Gasteiger partial charge in [-0.3, -0.25) is 4.67 Å². The standard InChI is InChI=1S/C12H15N2P/c1-3-7-11(8-4-1)12-13-15(12)14-9-5-2-6-10-14/h1,3-4,7-8H,2,5-6,9-10H2. The summed E-state index contributed by atoms with van der Waals surface area (Å²) >= 11 is 0. The van der Waals surface area contributed by atoms with E-state index in [1.165, 1.54) is 43.4 Å². The van der Waals surface area contributed by atoms with Gasteiger partial charge in [-0.15, -0.1) is 0 Å². The van der Waals surface area contributed by atoms with Crippen molar-refractivity contribution in [2.75, 3.05) is 13.1 Å². The largest absolute Gasteiger partial charge is 0.259 e.